The van der Waals surface area contributed by atoms with Gasteiger partial charge in [-0.2, -0.15) is 0 Å². The van der Waals surface area contributed by atoms with E-state index in [1.165, 1.54) is 24.0 Å². The van der Waals surface area contributed by atoms with E-state index in [4.69, 9.17) is 17.6 Å². The smallest absolute Gasteiger partial charge is 0.315 e. The number of esters is 1. The highest BCUT2D eigenvalue weighted by atomic mass is 16.5. The van der Waals surface area contributed by atoms with Crippen molar-refractivity contribution in [1.82, 2.24) is 0 Å². The minimum atomic E-state index is -0.672. The summed E-state index contributed by atoms with van der Waals surface area (Å²) in [5, 5.41) is 0. The van der Waals surface area contributed by atoms with Gasteiger partial charge in [0.05, 0.1) is 5.92 Å². The van der Waals surface area contributed by atoms with Crippen molar-refractivity contribution in [2.24, 2.45) is 5.92 Å². The Kier molecular flexibility index (Phi) is 7.11. The highest BCUT2D eigenvalue weighted by molar-refractivity contribution is 5.79. The Balaban J connectivity index is 2.23. The summed E-state index contributed by atoms with van der Waals surface area (Å²) in [6.45, 7) is 5.92. The first-order valence-corrected chi connectivity index (χ1v) is 9.36. The summed E-state index contributed by atoms with van der Waals surface area (Å²) in [6.07, 6.45) is 17.2. The molecule has 136 valence electrons. The molecule has 0 spiro atoms. The molecule has 2 nitrogen and oxygen atoms in total. The fraction of sp³-hybridized carbons (Fsp3) is 0.458. The van der Waals surface area contributed by atoms with Crippen LogP contribution in [0.5, 0.6) is 0 Å². The summed E-state index contributed by atoms with van der Waals surface area (Å²) in [5.41, 5.74) is 4.59. The molecule has 0 saturated heterocycles. The number of terminal acetylenes is 2. The molecule has 0 amide bonds. The maximum atomic E-state index is 12.9. The fourth-order valence-electron chi connectivity index (χ4n) is 3.51. The molecule has 1 aromatic carbocycles. The van der Waals surface area contributed by atoms with E-state index in [2.05, 4.69) is 30.0 Å². The van der Waals surface area contributed by atoms with Crippen LogP contribution in [0.25, 0.3) is 0 Å². The molecular weight excluding hydrogens is 320 g/mol. The number of aryl methyl sites for hydroxylation is 2. The highest BCUT2D eigenvalue weighted by Gasteiger charge is 2.29. The molecular formula is C24H28O2. The van der Waals surface area contributed by atoms with Gasteiger partial charge in [0.2, 0.25) is 0 Å². The first-order valence-electron chi connectivity index (χ1n) is 9.36. The second kappa shape index (κ2) is 9.30. The van der Waals surface area contributed by atoms with Crippen LogP contribution in [0.1, 0.15) is 62.6 Å². The molecule has 1 aliphatic carbocycles. The molecule has 0 bridgehead atoms. The Morgan fingerprint density at radius 2 is 1.92 bits per heavy atom. The van der Waals surface area contributed by atoms with Crippen molar-refractivity contribution < 1.29 is 9.53 Å². The zero-order valence-electron chi connectivity index (χ0n) is 16.0. The van der Waals surface area contributed by atoms with E-state index in [0.29, 0.717) is 6.42 Å². The summed E-state index contributed by atoms with van der Waals surface area (Å²) in [4.78, 5) is 12.9. The van der Waals surface area contributed by atoms with Crippen LogP contribution in [0.15, 0.2) is 29.8 Å². The summed E-state index contributed by atoms with van der Waals surface area (Å²) in [6, 6.07) is 6.43. The van der Waals surface area contributed by atoms with Gasteiger partial charge in [0.25, 0.3) is 0 Å². The van der Waals surface area contributed by atoms with Crippen molar-refractivity contribution >= 4 is 5.97 Å². The summed E-state index contributed by atoms with van der Waals surface area (Å²) in [5.74, 6) is 4.63. The molecule has 1 aromatic rings. The standard InChI is InChI=1S/C24H28O2/c1-6-8-11-18(5)22(7-2)26-24(25)23(17(3)4)21-15-14-19-12-9-10-13-20(19)16-21/h1-2,11,14-17,22-23H,8-10,12-13H2,3-5H3. The van der Waals surface area contributed by atoms with Gasteiger partial charge >= 0.3 is 5.97 Å². The van der Waals surface area contributed by atoms with Crippen LogP contribution in [-0.4, -0.2) is 12.1 Å². The minimum Gasteiger partial charge on any atom is -0.444 e. The van der Waals surface area contributed by atoms with Crippen molar-refractivity contribution in [1.29, 1.82) is 0 Å². The molecule has 2 heteroatoms. The molecule has 2 unspecified atom stereocenters. The largest absolute Gasteiger partial charge is 0.444 e. The molecule has 2 atom stereocenters. The Hall–Kier alpha value is -2.45. The van der Waals surface area contributed by atoms with Gasteiger partial charge in [0.1, 0.15) is 0 Å². The third-order valence-electron chi connectivity index (χ3n) is 4.99. The van der Waals surface area contributed by atoms with Gasteiger partial charge in [0.15, 0.2) is 6.10 Å². The number of allylic oxidation sites excluding steroid dienone is 1. The molecule has 0 N–H and O–H groups in total. The molecule has 0 heterocycles. The topological polar surface area (TPSA) is 26.3 Å². The van der Waals surface area contributed by atoms with Crippen molar-refractivity contribution in [2.75, 3.05) is 0 Å². The third kappa shape index (κ3) is 4.80. The van der Waals surface area contributed by atoms with Crippen LogP contribution >= 0.6 is 0 Å². The lowest BCUT2D eigenvalue weighted by molar-refractivity contribution is -0.148. The third-order valence-corrected chi connectivity index (χ3v) is 4.99. The van der Waals surface area contributed by atoms with E-state index < -0.39 is 6.10 Å². The zero-order valence-corrected chi connectivity index (χ0v) is 16.0. The van der Waals surface area contributed by atoms with Gasteiger partial charge in [-0.3, -0.25) is 4.79 Å². The Bertz CT molecular complexity index is 755. The Morgan fingerprint density at radius 1 is 1.23 bits per heavy atom. The van der Waals surface area contributed by atoms with Crippen molar-refractivity contribution in [3.8, 4) is 24.7 Å². The lowest BCUT2D eigenvalue weighted by Crippen LogP contribution is -2.26. The lowest BCUT2D eigenvalue weighted by Gasteiger charge is -2.24. The van der Waals surface area contributed by atoms with Crippen molar-refractivity contribution in [2.45, 2.75) is 64.9 Å². The SMILES string of the molecule is C#CCC=C(C)C(C#C)OC(=O)C(c1ccc2c(c1)CCCC2)C(C)C. The molecule has 26 heavy (non-hydrogen) atoms. The number of fused-ring (bicyclic) bond motifs is 1. The van der Waals surface area contributed by atoms with E-state index in [1.54, 1.807) is 0 Å². The number of hydrogen-bond acceptors (Lipinski definition) is 2. The molecule has 0 radical (unpaired) electrons. The van der Waals surface area contributed by atoms with E-state index in [0.717, 1.165) is 24.0 Å². The molecule has 0 fully saturated rings. The first-order chi connectivity index (χ1) is 12.5. The number of ether oxygens (including phenoxy) is 1. The summed E-state index contributed by atoms with van der Waals surface area (Å²) in [7, 11) is 0. The van der Waals surface area contributed by atoms with Gasteiger partial charge in [0, 0.05) is 6.42 Å². The second-order valence-electron chi connectivity index (χ2n) is 7.30. The predicted molar refractivity (Wildman–Crippen MR) is 107 cm³/mol. The molecule has 0 aliphatic heterocycles. The van der Waals surface area contributed by atoms with E-state index in [9.17, 15) is 4.79 Å². The Labute approximate surface area is 158 Å². The number of rotatable bonds is 6. The lowest BCUT2D eigenvalue weighted by atomic mass is 9.83. The van der Waals surface area contributed by atoms with Crippen molar-refractivity contribution in [3.05, 3.63) is 46.5 Å². The van der Waals surface area contributed by atoms with Gasteiger partial charge in [-0.25, -0.2) is 0 Å². The van der Waals surface area contributed by atoms with Crippen LogP contribution in [0.2, 0.25) is 0 Å². The van der Waals surface area contributed by atoms with Gasteiger partial charge in [-0.1, -0.05) is 44.0 Å². The number of carbonyl (C=O) groups is 1. The monoisotopic (exact) mass is 348 g/mol. The molecule has 2 rings (SSSR count). The second-order valence-corrected chi connectivity index (χ2v) is 7.30. The number of benzene rings is 1. The summed E-state index contributed by atoms with van der Waals surface area (Å²) >= 11 is 0. The average molecular weight is 348 g/mol. The van der Waals surface area contributed by atoms with Gasteiger partial charge < -0.3 is 4.74 Å². The van der Waals surface area contributed by atoms with Crippen LogP contribution in [0.4, 0.5) is 0 Å². The van der Waals surface area contributed by atoms with Crippen LogP contribution in [0, 0.1) is 30.6 Å². The maximum Gasteiger partial charge on any atom is 0.315 e. The summed E-state index contributed by atoms with van der Waals surface area (Å²) < 4.78 is 5.67. The van der Waals surface area contributed by atoms with Crippen LogP contribution in [0.3, 0.4) is 0 Å². The van der Waals surface area contributed by atoms with E-state index >= 15 is 0 Å². The maximum absolute atomic E-state index is 12.9. The average Bonchev–Trinajstić information content (AvgIpc) is 2.63. The Morgan fingerprint density at radius 3 is 2.54 bits per heavy atom. The molecule has 1 aliphatic rings. The van der Waals surface area contributed by atoms with Gasteiger partial charge in [-0.05, 0) is 60.8 Å². The zero-order chi connectivity index (χ0) is 19.1. The molecule has 0 saturated carbocycles. The number of carbonyl (C=O) groups excluding carboxylic acids is 1. The first kappa shape index (κ1) is 19.9. The fourth-order valence-corrected chi connectivity index (χ4v) is 3.51. The normalized spacial score (nSPS) is 16.2. The van der Waals surface area contributed by atoms with E-state index in [-0.39, 0.29) is 17.8 Å². The quantitative estimate of drug-likeness (QED) is 0.418. The highest BCUT2D eigenvalue weighted by Crippen LogP contribution is 2.31. The van der Waals surface area contributed by atoms with Crippen molar-refractivity contribution in [3.63, 3.8) is 0 Å². The van der Waals surface area contributed by atoms with E-state index in [1.807, 2.05) is 26.8 Å². The van der Waals surface area contributed by atoms with Gasteiger partial charge in [-0.15, -0.1) is 18.8 Å². The minimum absolute atomic E-state index is 0.123. The number of hydrogen-bond donors (Lipinski definition) is 0. The van der Waals surface area contributed by atoms with Crippen LogP contribution < -0.4 is 0 Å². The van der Waals surface area contributed by atoms with Crippen LogP contribution in [-0.2, 0) is 22.4 Å². The predicted octanol–water partition coefficient (Wildman–Crippen LogP) is 4.82. The molecule has 0 aromatic heterocycles.